The maximum absolute atomic E-state index is 12.8. The number of benzene rings is 1. The van der Waals surface area contributed by atoms with E-state index in [0.717, 1.165) is 30.2 Å². The Balaban J connectivity index is 1.57. The predicted octanol–water partition coefficient (Wildman–Crippen LogP) is 2.76. The lowest BCUT2D eigenvalue weighted by molar-refractivity contribution is -0.0246. The van der Waals surface area contributed by atoms with Crippen molar-refractivity contribution in [1.29, 1.82) is 0 Å². The predicted molar refractivity (Wildman–Crippen MR) is 96.8 cm³/mol. The standard InChI is InChI=1S/C20H24N2O3/c1-22-17-8-4-3-7-15(17)16(11-18(22)23)19(24)21-14-12-20(25-13-14)9-5-2-6-10-20/h3-4,7-8,11,14H,2,5-6,9-10,12-13H2,1H3,(H,21,24)/t14-/m1/s1. The molecule has 25 heavy (non-hydrogen) atoms. The molecule has 1 aliphatic heterocycles. The summed E-state index contributed by atoms with van der Waals surface area (Å²) >= 11 is 0. The lowest BCUT2D eigenvalue weighted by atomic mass is 9.82. The SMILES string of the molecule is Cn1c(=O)cc(C(=O)N[C@H]2COC3(CCCCC3)C2)c2ccccc21. The zero-order valence-corrected chi connectivity index (χ0v) is 14.6. The van der Waals surface area contributed by atoms with Crippen LogP contribution in [0.15, 0.2) is 35.1 Å². The van der Waals surface area contributed by atoms with Crippen LogP contribution in [-0.2, 0) is 11.8 Å². The Morgan fingerprint density at radius 2 is 2.00 bits per heavy atom. The minimum Gasteiger partial charge on any atom is -0.373 e. The normalized spacial score (nSPS) is 22.4. The molecule has 2 fully saturated rings. The van der Waals surface area contributed by atoms with Crippen LogP contribution in [0.5, 0.6) is 0 Å². The summed E-state index contributed by atoms with van der Waals surface area (Å²) in [6.45, 7) is 0.564. The number of rotatable bonds is 2. The third-order valence-electron chi connectivity index (χ3n) is 5.71. The molecule has 1 spiro atoms. The molecule has 5 heteroatoms. The summed E-state index contributed by atoms with van der Waals surface area (Å²) < 4.78 is 7.65. The van der Waals surface area contributed by atoms with Crippen molar-refractivity contribution in [2.24, 2.45) is 7.05 Å². The van der Waals surface area contributed by atoms with E-state index < -0.39 is 0 Å². The molecule has 5 nitrogen and oxygen atoms in total. The summed E-state index contributed by atoms with van der Waals surface area (Å²) in [5.74, 6) is -0.185. The van der Waals surface area contributed by atoms with Crippen LogP contribution in [0, 0.1) is 0 Å². The Kier molecular flexibility index (Phi) is 4.12. The van der Waals surface area contributed by atoms with Crippen LogP contribution in [0.25, 0.3) is 10.9 Å². The van der Waals surface area contributed by atoms with E-state index in [1.807, 2.05) is 24.3 Å². The highest BCUT2D eigenvalue weighted by molar-refractivity contribution is 6.06. The average Bonchev–Trinajstić information content (AvgIpc) is 3.00. The third kappa shape index (κ3) is 2.97. The Morgan fingerprint density at radius 3 is 2.80 bits per heavy atom. The minimum absolute atomic E-state index is 0.0217. The van der Waals surface area contributed by atoms with Crippen molar-refractivity contribution in [3.05, 3.63) is 46.2 Å². The van der Waals surface area contributed by atoms with E-state index >= 15 is 0 Å². The largest absolute Gasteiger partial charge is 0.373 e. The second-order valence-corrected chi connectivity index (χ2v) is 7.40. The molecule has 1 N–H and O–H groups in total. The maximum atomic E-state index is 12.8. The number of fused-ring (bicyclic) bond motifs is 1. The highest BCUT2D eigenvalue weighted by Gasteiger charge is 2.41. The van der Waals surface area contributed by atoms with Crippen molar-refractivity contribution < 1.29 is 9.53 Å². The molecule has 1 saturated carbocycles. The van der Waals surface area contributed by atoms with Crippen LogP contribution in [0.3, 0.4) is 0 Å². The van der Waals surface area contributed by atoms with Crippen LogP contribution in [-0.4, -0.2) is 28.7 Å². The molecule has 1 aromatic carbocycles. The van der Waals surface area contributed by atoms with E-state index in [4.69, 9.17) is 4.74 Å². The Morgan fingerprint density at radius 1 is 1.24 bits per heavy atom. The summed E-state index contributed by atoms with van der Waals surface area (Å²) in [4.78, 5) is 25.0. The number of nitrogens with zero attached hydrogens (tertiary/aromatic N) is 1. The number of carbonyl (C=O) groups is 1. The van der Waals surface area contributed by atoms with Gasteiger partial charge in [-0.15, -0.1) is 0 Å². The summed E-state index contributed by atoms with van der Waals surface area (Å²) in [5, 5.41) is 3.89. The van der Waals surface area contributed by atoms with Crippen molar-refractivity contribution in [3.8, 4) is 0 Å². The van der Waals surface area contributed by atoms with Gasteiger partial charge in [0.15, 0.2) is 0 Å². The van der Waals surface area contributed by atoms with Gasteiger partial charge >= 0.3 is 0 Å². The summed E-state index contributed by atoms with van der Waals surface area (Å²) in [7, 11) is 1.73. The zero-order chi connectivity index (χ0) is 17.4. The molecule has 1 amide bonds. The number of para-hydroxylation sites is 1. The van der Waals surface area contributed by atoms with Gasteiger partial charge in [-0.2, -0.15) is 0 Å². The van der Waals surface area contributed by atoms with Gasteiger partial charge in [0.2, 0.25) is 0 Å². The topological polar surface area (TPSA) is 60.3 Å². The number of carbonyl (C=O) groups excluding carboxylic acids is 1. The highest BCUT2D eigenvalue weighted by atomic mass is 16.5. The van der Waals surface area contributed by atoms with E-state index in [-0.39, 0.29) is 23.1 Å². The summed E-state index contributed by atoms with van der Waals surface area (Å²) in [6.07, 6.45) is 6.76. The third-order valence-corrected chi connectivity index (χ3v) is 5.71. The number of aromatic nitrogens is 1. The fourth-order valence-corrected chi connectivity index (χ4v) is 4.34. The Labute approximate surface area is 147 Å². The van der Waals surface area contributed by atoms with Gasteiger partial charge in [0.05, 0.1) is 29.3 Å². The quantitative estimate of drug-likeness (QED) is 0.914. The molecule has 2 aromatic rings. The van der Waals surface area contributed by atoms with Gasteiger partial charge < -0.3 is 14.6 Å². The minimum atomic E-state index is -0.185. The van der Waals surface area contributed by atoms with Crippen molar-refractivity contribution in [3.63, 3.8) is 0 Å². The molecule has 1 saturated heterocycles. The van der Waals surface area contributed by atoms with E-state index in [1.54, 1.807) is 11.6 Å². The molecule has 1 aromatic heterocycles. The second kappa shape index (κ2) is 6.30. The number of nitrogens with one attached hydrogen (secondary N) is 1. The van der Waals surface area contributed by atoms with E-state index in [1.165, 1.54) is 25.3 Å². The van der Waals surface area contributed by atoms with Gasteiger partial charge in [-0.05, 0) is 25.3 Å². The smallest absolute Gasteiger partial charge is 0.252 e. The van der Waals surface area contributed by atoms with Crippen LogP contribution >= 0.6 is 0 Å². The van der Waals surface area contributed by atoms with Gasteiger partial charge in [-0.25, -0.2) is 0 Å². The van der Waals surface area contributed by atoms with Gasteiger partial charge in [0.1, 0.15) is 0 Å². The van der Waals surface area contributed by atoms with Gasteiger partial charge in [-0.3, -0.25) is 9.59 Å². The Hall–Kier alpha value is -2.14. The number of aryl methyl sites for hydroxylation is 1. The number of pyridine rings is 1. The first-order chi connectivity index (χ1) is 12.1. The van der Waals surface area contributed by atoms with Gasteiger partial charge in [0.25, 0.3) is 11.5 Å². The molecule has 1 aliphatic carbocycles. The molecule has 1 atom stereocenters. The Bertz CT molecular complexity index is 865. The van der Waals surface area contributed by atoms with E-state index in [2.05, 4.69) is 5.32 Å². The monoisotopic (exact) mass is 340 g/mol. The van der Waals surface area contributed by atoms with Crippen LogP contribution < -0.4 is 10.9 Å². The number of ether oxygens (including phenoxy) is 1. The molecule has 0 unspecified atom stereocenters. The first-order valence-corrected chi connectivity index (χ1v) is 9.12. The van der Waals surface area contributed by atoms with Gasteiger partial charge in [0, 0.05) is 18.5 Å². The number of hydrogen-bond acceptors (Lipinski definition) is 3. The van der Waals surface area contributed by atoms with Crippen molar-refractivity contribution >= 4 is 16.8 Å². The first-order valence-electron chi connectivity index (χ1n) is 9.12. The lowest BCUT2D eigenvalue weighted by Crippen LogP contribution is -2.38. The summed E-state index contributed by atoms with van der Waals surface area (Å²) in [5.41, 5.74) is 1.01. The molecule has 0 bridgehead atoms. The van der Waals surface area contributed by atoms with Crippen molar-refractivity contribution in [1.82, 2.24) is 9.88 Å². The molecule has 2 heterocycles. The fraction of sp³-hybridized carbons (Fsp3) is 0.500. The zero-order valence-electron chi connectivity index (χ0n) is 14.6. The van der Waals surface area contributed by atoms with Gasteiger partial charge in [-0.1, -0.05) is 37.5 Å². The highest BCUT2D eigenvalue weighted by Crippen LogP contribution is 2.39. The molecular weight excluding hydrogens is 316 g/mol. The first kappa shape index (κ1) is 16.3. The van der Waals surface area contributed by atoms with Crippen LogP contribution in [0.4, 0.5) is 0 Å². The fourth-order valence-electron chi connectivity index (χ4n) is 4.34. The summed E-state index contributed by atoms with van der Waals surface area (Å²) in [6, 6.07) is 8.97. The molecular formula is C20H24N2O3. The maximum Gasteiger partial charge on any atom is 0.252 e. The van der Waals surface area contributed by atoms with Crippen LogP contribution in [0.2, 0.25) is 0 Å². The second-order valence-electron chi connectivity index (χ2n) is 7.40. The van der Waals surface area contributed by atoms with E-state index in [0.29, 0.717) is 12.2 Å². The van der Waals surface area contributed by atoms with E-state index in [9.17, 15) is 9.59 Å². The van der Waals surface area contributed by atoms with Crippen molar-refractivity contribution in [2.45, 2.75) is 50.2 Å². The molecule has 2 aliphatic rings. The van der Waals surface area contributed by atoms with Crippen molar-refractivity contribution in [2.75, 3.05) is 6.61 Å². The lowest BCUT2D eigenvalue weighted by Gasteiger charge is -2.32. The average molecular weight is 340 g/mol. The number of hydrogen-bond donors (Lipinski definition) is 1. The molecule has 132 valence electrons. The number of amides is 1. The molecule has 0 radical (unpaired) electrons. The molecule has 4 rings (SSSR count). The van der Waals surface area contributed by atoms with Crippen LogP contribution in [0.1, 0.15) is 48.9 Å².